The highest BCUT2D eigenvalue weighted by Crippen LogP contribution is 2.43. The third-order valence-electron chi connectivity index (χ3n) is 13.0. The van der Waals surface area contributed by atoms with E-state index < -0.39 is 0 Å². The van der Waals surface area contributed by atoms with Gasteiger partial charge in [-0.25, -0.2) is 15.0 Å². The van der Waals surface area contributed by atoms with Crippen molar-refractivity contribution in [2.75, 3.05) is 0 Å². The molecule has 10 aromatic carbocycles. The fourth-order valence-electron chi connectivity index (χ4n) is 10.1. The van der Waals surface area contributed by atoms with Crippen LogP contribution in [-0.2, 0) is 0 Å². The fraction of sp³-hybridized carbons (Fsp3) is 0. The minimum absolute atomic E-state index is 0.514. The molecule has 14 aromatic rings. The molecule has 0 aliphatic carbocycles. The van der Waals surface area contributed by atoms with Crippen molar-refractivity contribution in [1.82, 2.24) is 19.5 Å². The molecular weight excluding hydrogens is 797 g/mol. The Balaban J connectivity index is 0.964. The van der Waals surface area contributed by atoms with Gasteiger partial charge in [0, 0.05) is 43.6 Å². The van der Waals surface area contributed by atoms with E-state index in [1.54, 1.807) is 0 Å². The van der Waals surface area contributed by atoms with Gasteiger partial charge in [-0.3, -0.25) is 0 Å². The zero-order chi connectivity index (χ0) is 42.6. The monoisotopic (exact) mass is 830 g/mol. The normalized spacial score (nSPS) is 12.0. The number of aromatic nitrogens is 4. The van der Waals surface area contributed by atoms with E-state index in [4.69, 9.17) is 23.8 Å². The first-order chi connectivity index (χ1) is 32.2. The molecule has 0 aliphatic rings. The number of rotatable bonds is 5. The first kappa shape index (κ1) is 35.7. The van der Waals surface area contributed by atoms with Crippen LogP contribution in [0, 0.1) is 0 Å². The standard InChI is InChI=1S/C59H34N4O2/c1-2-14-39(15-3-1)63-50-24-8-6-18-47(50)54-42(19-12-25-51(54)63)37-29-32-44-46-21-11-23-49(56(46)65-53(44)34-37)59-61-57(38-30-31-41-36(33-38)28-27-35-13-4-5-16-40(35)41)60-58(62-59)48-22-10-20-45-43-17-7-9-26-52(43)64-55(45)48/h1-34H. The topological polar surface area (TPSA) is 69.9 Å². The lowest BCUT2D eigenvalue weighted by molar-refractivity contribution is 0.669. The summed E-state index contributed by atoms with van der Waals surface area (Å²) in [4.78, 5) is 15.7. The summed E-state index contributed by atoms with van der Waals surface area (Å²) < 4.78 is 15.8. The van der Waals surface area contributed by atoms with Crippen LogP contribution >= 0.6 is 0 Å². The second-order valence-corrected chi connectivity index (χ2v) is 16.7. The summed E-state index contributed by atoms with van der Waals surface area (Å²) in [5.74, 6) is 1.60. The highest BCUT2D eigenvalue weighted by atomic mass is 16.3. The Labute approximate surface area is 371 Å². The van der Waals surface area contributed by atoms with Gasteiger partial charge in [0.25, 0.3) is 0 Å². The lowest BCUT2D eigenvalue weighted by Gasteiger charge is -2.10. The van der Waals surface area contributed by atoms with Crippen LogP contribution in [0.4, 0.5) is 0 Å². The molecule has 302 valence electrons. The van der Waals surface area contributed by atoms with Gasteiger partial charge in [0.15, 0.2) is 17.5 Å². The van der Waals surface area contributed by atoms with Crippen LogP contribution in [0.3, 0.4) is 0 Å². The van der Waals surface area contributed by atoms with Crippen molar-refractivity contribution in [3.63, 3.8) is 0 Å². The summed E-state index contributed by atoms with van der Waals surface area (Å²) in [7, 11) is 0. The zero-order valence-electron chi connectivity index (χ0n) is 34.7. The molecule has 0 atom stereocenters. The molecule has 0 amide bonds. The molecule has 0 saturated carbocycles. The summed E-state index contributed by atoms with van der Waals surface area (Å²) in [5.41, 5.74) is 11.2. The minimum Gasteiger partial charge on any atom is -0.455 e. The number of nitrogens with zero attached hydrogens (tertiary/aromatic N) is 4. The van der Waals surface area contributed by atoms with Crippen LogP contribution in [0.25, 0.3) is 138 Å². The molecule has 0 fully saturated rings. The predicted octanol–water partition coefficient (Wildman–Crippen LogP) is 15.7. The SMILES string of the molecule is c1ccc(-n2c3ccccc3c3c(-c4ccc5c(c4)oc4c(-c6nc(-c7ccc8c(ccc9ccccc98)c7)nc(-c7cccc8c7oc7ccccc78)n6)cccc45)cccc32)cc1. The van der Waals surface area contributed by atoms with Crippen molar-refractivity contribution < 1.29 is 8.83 Å². The van der Waals surface area contributed by atoms with Crippen LogP contribution < -0.4 is 0 Å². The third-order valence-corrected chi connectivity index (χ3v) is 13.0. The Hall–Kier alpha value is -8.87. The van der Waals surface area contributed by atoms with E-state index >= 15 is 0 Å². The molecule has 0 radical (unpaired) electrons. The Morgan fingerprint density at radius 2 is 0.877 bits per heavy atom. The molecule has 0 saturated heterocycles. The van der Waals surface area contributed by atoms with Crippen LogP contribution in [0.1, 0.15) is 0 Å². The lowest BCUT2D eigenvalue weighted by Crippen LogP contribution is -2.00. The zero-order valence-corrected chi connectivity index (χ0v) is 34.7. The van der Waals surface area contributed by atoms with Crippen LogP contribution in [-0.4, -0.2) is 19.5 Å². The molecule has 0 N–H and O–H groups in total. The van der Waals surface area contributed by atoms with E-state index in [2.05, 4.69) is 174 Å². The van der Waals surface area contributed by atoms with Gasteiger partial charge in [-0.2, -0.15) is 0 Å². The van der Waals surface area contributed by atoms with Gasteiger partial charge in [0.05, 0.1) is 22.2 Å². The fourth-order valence-corrected chi connectivity index (χ4v) is 10.1. The lowest BCUT2D eigenvalue weighted by atomic mass is 9.98. The molecule has 6 heteroatoms. The van der Waals surface area contributed by atoms with Gasteiger partial charge < -0.3 is 13.4 Å². The minimum atomic E-state index is 0.514. The maximum atomic E-state index is 6.95. The molecular formula is C59H34N4O2. The maximum Gasteiger partial charge on any atom is 0.167 e. The number of hydrogen-bond donors (Lipinski definition) is 0. The molecule has 0 spiro atoms. The summed E-state index contributed by atoms with van der Waals surface area (Å²) in [6, 6.07) is 72.2. The van der Waals surface area contributed by atoms with Gasteiger partial charge in [0.1, 0.15) is 22.3 Å². The predicted molar refractivity (Wildman–Crippen MR) is 265 cm³/mol. The number of para-hydroxylation sites is 5. The summed E-state index contributed by atoms with van der Waals surface area (Å²) >= 11 is 0. The average molecular weight is 831 g/mol. The Morgan fingerprint density at radius 1 is 0.323 bits per heavy atom. The summed E-state index contributed by atoms with van der Waals surface area (Å²) in [5, 5.41) is 11.2. The van der Waals surface area contributed by atoms with Gasteiger partial charge in [-0.15, -0.1) is 0 Å². The molecule has 0 aliphatic heterocycles. The first-order valence-corrected chi connectivity index (χ1v) is 21.8. The van der Waals surface area contributed by atoms with E-state index in [0.29, 0.717) is 23.1 Å². The molecule has 65 heavy (non-hydrogen) atoms. The van der Waals surface area contributed by atoms with Gasteiger partial charge in [0.2, 0.25) is 0 Å². The Kier molecular flexibility index (Phi) is 7.59. The van der Waals surface area contributed by atoms with E-state index in [9.17, 15) is 0 Å². The van der Waals surface area contributed by atoms with E-state index in [0.717, 1.165) is 82.7 Å². The maximum absolute atomic E-state index is 6.95. The highest BCUT2D eigenvalue weighted by Gasteiger charge is 2.22. The van der Waals surface area contributed by atoms with Crippen molar-refractivity contribution in [1.29, 1.82) is 0 Å². The van der Waals surface area contributed by atoms with Crippen LogP contribution in [0.2, 0.25) is 0 Å². The number of hydrogen-bond acceptors (Lipinski definition) is 5. The first-order valence-electron chi connectivity index (χ1n) is 21.8. The van der Waals surface area contributed by atoms with E-state index in [1.807, 2.05) is 36.4 Å². The molecule has 6 nitrogen and oxygen atoms in total. The van der Waals surface area contributed by atoms with Crippen molar-refractivity contribution in [3.05, 3.63) is 206 Å². The third kappa shape index (κ3) is 5.44. The Morgan fingerprint density at radius 3 is 1.69 bits per heavy atom. The number of benzene rings is 10. The Bertz CT molecular complexity index is 4250. The molecule has 4 heterocycles. The van der Waals surface area contributed by atoms with Gasteiger partial charge >= 0.3 is 0 Å². The van der Waals surface area contributed by atoms with Crippen molar-refractivity contribution >= 4 is 87.2 Å². The molecule has 0 bridgehead atoms. The molecule has 4 aromatic heterocycles. The number of fused-ring (bicyclic) bond motifs is 12. The highest BCUT2D eigenvalue weighted by molar-refractivity contribution is 6.17. The summed E-state index contributed by atoms with van der Waals surface area (Å²) in [6.45, 7) is 0. The van der Waals surface area contributed by atoms with Gasteiger partial charge in [-0.05, 0) is 93.3 Å². The van der Waals surface area contributed by atoms with Crippen molar-refractivity contribution in [2.24, 2.45) is 0 Å². The molecule has 14 rings (SSSR count). The van der Waals surface area contributed by atoms with E-state index in [1.165, 1.54) is 32.4 Å². The van der Waals surface area contributed by atoms with Crippen LogP contribution in [0.5, 0.6) is 0 Å². The smallest absolute Gasteiger partial charge is 0.167 e. The average Bonchev–Trinajstić information content (AvgIpc) is 4.06. The van der Waals surface area contributed by atoms with Crippen molar-refractivity contribution in [2.45, 2.75) is 0 Å². The second kappa shape index (κ2) is 13.8. The number of furan rings is 2. The van der Waals surface area contributed by atoms with Crippen molar-refractivity contribution in [3.8, 4) is 51.0 Å². The quantitative estimate of drug-likeness (QED) is 0.162. The largest absolute Gasteiger partial charge is 0.455 e. The summed E-state index contributed by atoms with van der Waals surface area (Å²) in [6.07, 6.45) is 0. The van der Waals surface area contributed by atoms with E-state index in [-0.39, 0.29) is 0 Å². The van der Waals surface area contributed by atoms with Gasteiger partial charge in [-0.1, -0.05) is 146 Å². The molecule has 0 unspecified atom stereocenters. The second-order valence-electron chi connectivity index (χ2n) is 16.7. The van der Waals surface area contributed by atoms with Crippen LogP contribution in [0.15, 0.2) is 215 Å².